The van der Waals surface area contributed by atoms with Crippen LogP contribution in [0.1, 0.15) is 18.9 Å². The Labute approximate surface area is 144 Å². The third-order valence-corrected chi connectivity index (χ3v) is 3.80. The summed E-state index contributed by atoms with van der Waals surface area (Å²) in [5.74, 6) is 0.462. The lowest BCUT2D eigenvalue weighted by molar-refractivity contribution is -0.126. The van der Waals surface area contributed by atoms with E-state index in [-0.39, 0.29) is 5.91 Å². The Kier molecular flexibility index (Phi) is 6.55. The van der Waals surface area contributed by atoms with Crippen molar-refractivity contribution in [1.82, 2.24) is 9.78 Å². The number of carbonyl (C=O) groups excluding carboxylic acids is 1. The van der Waals surface area contributed by atoms with Gasteiger partial charge in [0, 0.05) is 10.5 Å². The molecule has 0 aliphatic heterocycles. The SMILES string of the molecule is C=CCCOC(C)C(=O)Nc1ccnn1Cc1ccc(Br)cc1. The van der Waals surface area contributed by atoms with Gasteiger partial charge in [0.2, 0.25) is 0 Å². The van der Waals surface area contributed by atoms with Crippen molar-refractivity contribution in [2.75, 3.05) is 11.9 Å². The molecule has 0 aliphatic rings. The fraction of sp³-hybridized carbons (Fsp3) is 0.294. The summed E-state index contributed by atoms with van der Waals surface area (Å²) in [6, 6.07) is 9.75. The average Bonchev–Trinajstić information content (AvgIpc) is 2.96. The Bertz CT molecular complexity index is 652. The summed E-state index contributed by atoms with van der Waals surface area (Å²) in [5, 5.41) is 7.11. The van der Waals surface area contributed by atoms with E-state index in [1.807, 2.05) is 24.3 Å². The summed E-state index contributed by atoms with van der Waals surface area (Å²) in [6.45, 7) is 6.42. The molecule has 0 saturated carbocycles. The molecule has 1 amide bonds. The zero-order valence-electron chi connectivity index (χ0n) is 13.0. The number of amides is 1. The van der Waals surface area contributed by atoms with Gasteiger partial charge in [-0.05, 0) is 31.0 Å². The number of nitrogens with zero attached hydrogens (tertiary/aromatic N) is 2. The summed E-state index contributed by atoms with van der Waals surface area (Å²) < 4.78 is 8.22. The molecular formula is C17H20BrN3O2. The summed E-state index contributed by atoms with van der Waals surface area (Å²) in [7, 11) is 0. The molecule has 1 atom stereocenters. The molecule has 0 saturated heterocycles. The lowest BCUT2D eigenvalue weighted by Gasteiger charge is -2.14. The number of aromatic nitrogens is 2. The number of benzene rings is 1. The maximum absolute atomic E-state index is 12.1. The lowest BCUT2D eigenvalue weighted by atomic mass is 10.2. The summed E-state index contributed by atoms with van der Waals surface area (Å²) >= 11 is 3.41. The molecule has 1 aromatic heterocycles. The molecule has 2 rings (SSSR count). The molecule has 0 spiro atoms. The molecule has 1 heterocycles. The summed E-state index contributed by atoms with van der Waals surface area (Å²) in [6.07, 6.45) is 3.63. The quantitative estimate of drug-likeness (QED) is 0.564. The van der Waals surface area contributed by atoms with E-state index in [9.17, 15) is 4.79 Å². The van der Waals surface area contributed by atoms with Gasteiger partial charge in [-0.15, -0.1) is 6.58 Å². The number of hydrogen-bond acceptors (Lipinski definition) is 3. The molecule has 0 aliphatic carbocycles. The van der Waals surface area contributed by atoms with Crippen molar-refractivity contribution in [3.8, 4) is 0 Å². The lowest BCUT2D eigenvalue weighted by Crippen LogP contribution is -2.29. The minimum Gasteiger partial charge on any atom is -0.368 e. The minimum absolute atomic E-state index is 0.188. The first-order valence-electron chi connectivity index (χ1n) is 7.39. The minimum atomic E-state index is -0.522. The second-order valence-electron chi connectivity index (χ2n) is 5.08. The van der Waals surface area contributed by atoms with E-state index >= 15 is 0 Å². The van der Waals surface area contributed by atoms with E-state index in [2.05, 4.69) is 32.9 Å². The van der Waals surface area contributed by atoms with E-state index in [1.165, 1.54) is 0 Å². The number of hydrogen-bond donors (Lipinski definition) is 1. The number of rotatable bonds is 8. The highest BCUT2D eigenvalue weighted by molar-refractivity contribution is 9.10. The molecule has 1 N–H and O–H groups in total. The largest absolute Gasteiger partial charge is 0.368 e. The third-order valence-electron chi connectivity index (χ3n) is 3.27. The monoisotopic (exact) mass is 377 g/mol. The maximum Gasteiger partial charge on any atom is 0.254 e. The van der Waals surface area contributed by atoms with Crippen LogP contribution >= 0.6 is 15.9 Å². The highest BCUT2D eigenvalue weighted by atomic mass is 79.9. The van der Waals surface area contributed by atoms with E-state index in [4.69, 9.17) is 4.74 Å². The summed E-state index contributed by atoms with van der Waals surface area (Å²) in [4.78, 5) is 12.1. The van der Waals surface area contributed by atoms with Crippen molar-refractivity contribution < 1.29 is 9.53 Å². The second kappa shape index (κ2) is 8.64. The fourth-order valence-electron chi connectivity index (χ4n) is 1.96. The molecule has 0 radical (unpaired) electrons. The summed E-state index contributed by atoms with van der Waals surface area (Å²) in [5.41, 5.74) is 1.10. The Morgan fingerprint density at radius 1 is 1.43 bits per heavy atom. The zero-order chi connectivity index (χ0) is 16.7. The standard InChI is InChI=1S/C17H20BrN3O2/c1-3-4-11-23-13(2)17(22)20-16-9-10-19-21(16)12-14-5-7-15(18)8-6-14/h3,5-10,13H,1,4,11-12H2,2H3,(H,20,22). The predicted octanol–water partition coefficient (Wildman–Crippen LogP) is 3.61. The van der Waals surface area contributed by atoms with E-state index in [0.717, 1.165) is 16.5 Å². The van der Waals surface area contributed by atoms with Gasteiger partial charge in [0.1, 0.15) is 11.9 Å². The smallest absolute Gasteiger partial charge is 0.254 e. The number of ether oxygens (including phenoxy) is 1. The molecule has 122 valence electrons. The van der Waals surface area contributed by atoms with Crippen LogP contribution in [0.25, 0.3) is 0 Å². The molecule has 1 aromatic carbocycles. The van der Waals surface area contributed by atoms with Crippen LogP contribution in [-0.4, -0.2) is 28.4 Å². The van der Waals surface area contributed by atoms with Gasteiger partial charge in [0.15, 0.2) is 0 Å². The van der Waals surface area contributed by atoms with Crippen molar-refractivity contribution >= 4 is 27.7 Å². The van der Waals surface area contributed by atoms with E-state index in [0.29, 0.717) is 19.0 Å². The predicted molar refractivity (Wildman–Crippen MR) is 94.3 cm³/mol. The van der Waals surface area contributed by atoms with Gasteiger partial charge < -0.3 is 10.1 Å². The molecular weight excluding hydrogens is 358 g/mol. The van der Waals surface area contributed by atoms with Crippen LogP contribution in [0.3, 0.4) is 0 Å². The molecule has 0 fully saturated rings. The van der Waals surface area contributed by atoms with Gasteiger partial charge in [0.05, 0.1) is 19.3 Å². The first kappa shape index (κ1) is 17.4. The van der Waals surface area contributed by atoms with E-state index < -0.39 is 6.10 Å². The van der Waals surface area contributed by atoms with Gasteiger partial charge in [-0.1, -0.05) is 34.1 Å². The first-order valence-corrected chi connectivity index (χ1v) is 8.19. The number of carbonyl (C=O) groups is 1. The van der Waals surface area contributed by atoms with Gasteiger partial charge >= 0.3 is 0 Å². The van der Waals surface area contributed by atoms with Gasteiger partial charge in [0.25, 0.3) is 5.91 Å². The van der Waals surface area contributed by atoms with Gasteiger partial charge in [-0.2, -0.15) is 5.10 Å². The van der Waals surface area contributed by atoms with Crippen LogP contribution in [0.4, 0.5) is 5.82 Å². The van der Waals surface area contributed by atoms with Gasteiger partial charge in [-0.25, -0.2) is 4.68 Å². The molecule has 5 nitrogen and oxygen atoms in total. The third kappa shape index (κ3) is 5.33. The first-order chi connectivity index (χ1) is 11.1. The highest BCUT2D eigenvalue weighted by Gasteiger charge is 2.15. The van der Waals surface area contributed by atoms with E-state index in [1.54, 1.807) is 29.9 Å². The Balaban J connectivity index is 1.96. The molecule has 6 heteroatoms. The van der Waals surface area contributed by atoms with Crippen molar-refractivity contribution in [1.29, 1.82) is 0 Å². The van der Waals surface area contributed by atoms with Gasteiger partial charge in [-0.3, -0.25) is 4.79 Å². The number of anilines is 1. The number of halogens is 1. The van der Waals surface area contributed by atoms with Crippen molar-refractivity contribution in [2.24, 2.45) is 0 Å². The van der Waals surface area contributed by atoms with Crippen LogP contribution in [0.5, 0.6) is 0 Å². The van der Waals surface area contributed by atoms with Crippen LogP contribution in [0.2, 0.25) is 0 Å². The van der Waals surface area contributed by atoms with Crippen LogP contribution in [-0.2, 0) is 16.1 Å². The number of nitrogens with one attached hydrogen (secondary N) is 1. The van der Waals surface area contributed by atoms with Crippen LogP contribution in [0, 0.1) is 0 Å². The highest BCUT2D eigenvalue weighted by Crippen LogP contribution is 2.14. The van der Waals surface area contributed by atoms with Crippen LogP contribution < -0.4 is 5.32 Å². The zero-order valence-corrected chi connectivity index (χ0v) is 14.6. The topological polar surface area (TPSA) is 56.1 Å². The second-order valence-corrected chi connectivity index (χ2v) is 6.00. The van der Waals surface area contributed by atoms with Crippen molar-refractivity contribution in [2.45, 2.75) is 26.0 Å². The molecule has 0 bridgehead atoms. The molecule has 2 aromatic rings. The molecule has 1 unspecified atom stereocenters. The maximum atomic E-state index is 12.1. The Hall–Kier alpha value is -1.92. The Morgan fingerprint density at radius 3 is 2.87 bits per heavy atom. The fourth-order valence-corrected chi connectivity index (χ4v) is 2.22. The Morgan fingerprint density at radius 2 is 2.17 bits per heavy atom. The normalized spacial score (nSPS) is 11.9. The van der Waals surface area contributed by atoms with Crippen molar-refractivity contribution in [3.05, 3.63) is 59.2 Å². The van der Waals surface area contributed by atoms with Crippen molar-refractivity contribution in [3.63, 3.8) is 0 Å². The van der Waals surface area contributed by atoms with Crippen LogP contribution in [0.15, 0.2) is 53.7 Å². The average molecular weight is 378 g/mol. The molecule has 23 heavy (non-hydrogen) atoms.